The van der Waals surface area contributed by atoms with Crippen molar-refractivity contribution in [2.45, 2.75) is 63.5 Å². The van der Waals surface area contributed by atoms with Crippen molar-refractivity contribution in [3.05, 3.63) is 17.8 Å². The molecule has 0 spiro atoms. The van der Waals surface area contributed by atoms with E-state index in [9.17, 15) is 0 Å². The average molecular weight is 220 g/mol. The number of nitrogens with one attached hydrogen (secondary N) is 1. The lowest BCUT2D eigenvalue weighted by atomic mass is 9.96. The monoisotopic (exact) mass is 220 g/mol. The van der Waals surface area contributed by atoms with Gasteiger partial charge in [-0.2, -0.15) is 0 Å². The van der Waals surface area contributed by atoms with Crippen LogP contribution in [0.15, 0.2) is 10.8 Å². The quantitative estimate of drug-likeness (QED) is 0.801. The van der Waals surface area contributed by atoms with E-state index in [4.69, 9.17) is 4.42 Å². The summed E-state index contributed by atoms with van der Waals surface area (Å²) in [5.41, 5.74) is 1.50. The summed E-state index contributed by atoms with van der Waals surface area (Å²) in [6.45, 7) is 3.14. The third kappa shape index (κ3) is 1.88. The second-order valence-corrected chi connectivity index (χ2v) is 5.31. The second-order valence-electron chi connectivity index (χ2n) is 5.31. The zero-order chi connectivity index (χ0) is 11.0. The summed E-state index contributed by atoms with van der Waals surface area (Å²) in [5.74, 6) is 1.17. The van der Waals surface area contributed by atoms with E-state index >= 15 is 0 Å². The standard InChI is InChI=1S/C13H20N2O/c1-2-5-13(6-7-13)12-11(15-9-16-12)8-14-10-3-4-10/h9-10,14H,2-8H2,1H3. The maximum absolute atomic E-state index is 5.65. The van der Waals surface area contributed by atoms with E-state index in [1.54, 1.807) is 6.39 Å². The molecule has 0 aromatic carbocycles. The van der Waals surface area contributed by atoms with Crippen molar-refractivity contribution in [1.82, 2.24) is 10.3 Å². The van der Waals surface area contributed by atoms with Gasteiger partial charge in [0.05, 0.1) is 5.69 Å². The fourth-order valence-corrected chi connectivity index (χ4v) is 2.57. The molecule has 2 fully saturated rings. The van der Waals surface area contributed by atoms with E-state index in [1.807, 2.05) is 0 Å². The normalized spacial score (nSPS) is 22.3. The molecule has 88 valence electrons. The van der Waals surface area contributed by atoms with Gasteiger partial charge in [0.25, 0.3) is 0 Å². The Kier molecular flexibility index (Phi) is 2.51. The van der Waals surface area contributed by atoms with Crippen LogP contribution in [-0.4, -0.2) is 11.0 Å². The number of hydrogen-bond acceptors (Lipinski definition) is 3. The Morgan fingerprint density at radius 3 is 2.94 bits per heavy atom. The molecule has 2 aliphatic carbocycles. The van der Waals surface area contributed by atoms with E-state index in [0.717, 1.165) is 18.3 Å². The Balaban J connectivity index is 1.71. The zero-order valence-electron chi connectivity index (χ0n) is 9.96. The molecule has 1 heterocycles. The number of aromatic nitrogens is 1. The molecular formula is C13H20N2O. The summed E-state index contributed by atoms with van der Waals surface area (Å²) in [6.07, 6.45) is 9.32. The second kappa shape index (κ2) is 3.88. The van der Waals surface area contributed by atoms with Gasteiger partial charge < -0.3 is 9.73 Å². The first-order valence-corrected chi connectivity index (χ1v) is 6.50. The van der Waals surface area contributed by atoms with E-state index in [0.29, 0.717) is 5.41 Å². The van der Waals surface area contributed by atoms with Crippen molar-refractivity contribution < 1.29 is 4.42 Å². The fraction of sp³-hybridized carbons (Fsp3) is 0.769. The van der Waals surface area contributed by atoms with Gasteiger partial charge in [-0.1, -0.05) is 13.3 Å². The molecular weight excluding hydrogens is 200 g/mol. The third-order valence-corrected chi connectivity index (χ3v) is 3.84. The summed E-state index contributed by atoms with van der Waals surface area (Å²) in [4.78, 5) is 4.38. The molecule has 0 radical (unpaired) electrons. The first kappa shape index (κ1) is 10.3. The molecule has 0 bridgehead atoms. The number of rotatable bonds is 6. The lowest BCUT2D eigenvalue weighted by Gasteiger charge is -2.12. The van der Waals surface area contributed by atoms with Crippen LogP contribution < -0.4 is 5.32 Å². The van der Waals surface area contributed by atoms with Gasteiger partial charge in [0.1, 0.15) is 5.76 Å². The highest BCUT2D eigenvalue weighted by Crippen LogP contribution is 2.52. The van der Waals surface area contributed by atoms with Crippen molar-refractivity contribution in [3.63, 3.8) is 0 Å². The van der Waals surface area contributed by atoms with Crippen molar-refractivity contribution >= 4 is 0 Å². The molecule has 0 unspecified atom stereocenters. The Labute approximate surface area is 96.6 Å². The number of hydrogen-bond donors (Lipinski definition) is 1. The van der Waals surface area contributed by atoms with Gasteiger partial charge in [0.2, 0.25) is 0 Å². The summed E-state index contributed by atoms with van der Waals surface area (Å²) < 4.78 is 5.65. The number of nitrogens with zero attached hydrogens (tertiary/aromatic N) is 1. The molecule has 0 saturated heterocycles. The minimum Gasteiger partial charge on any atom is -0.448 e. The number of oxazole rings is 1. The van der Waals surface area contributed by atoms with Gasteiger partial charge in [0, 0.05) is 18.0 Å². The average Bonchev–Trinajstić information content (AvgIpc) is 3.19. The lowest BCUT2D eigenvalue weighted by molar-refractivity contribution is 0.423. The molecule has 1 aromatic heterocycles. The Morgan fingerprint density at radius 2 is 2.31 bits per heavy atom. The largest absolute Gasteiger partial charge is 0.448 e. The van der Waals surface area contributed by atoms with E-state index in [1.165, 1.54) is 44.3 Å². The lowest BCUT2D eigenvalue weighted by Crippen LogP contribution is -2.18. The highest BCUT2D eigenvalue weighted by Gasteiger charge is 2.47. The van der Waals surface area contributed by atoms with Gasteiger partial charge in [-0.25, -0.2) is 4.98 Å². The maximum Gasteiger partial charge on any atom is 0.181 e. The van der Waals surface area contributed by atoms with Crippen LogP contribution >= 0.6 is 0 Å². The summed E-state index contributed by atoms with van der Waals surface area (Å²) in [5, 5.41) is 3.52. The SMILES string of the molecule is CCCC1(c2ocnc2CNC2CC2)CC1. The predicted octanol–water partition coefficient (Wildman–Crippen LogP) is 2.76. The molecule has 0 atom stereocenters. The first-order chi connectivity index (χ1) is 7.84. The summed E-state index contributed by atoms with van der Waals surface area (Å²) in [6, 6.07) is 0.742. The predicted molar refractivity (Wildman–Crippen MR) is 62.2 cm³/mol. The van der Waals surface area contributed by atoms with Crippen LogP contribution in [0.3, 0.4) is 0 Å². The van der Waals surface area contributed by atoms with Crippen molar-refractivity contribution in [2.75, 3.05) is 0 Å². The van der Waals surface area contributed by atoms with Crippen LogP contribution in [0, 0.1) is 0 Å². The van der Waals surface area contributed by atoms with E-state index in [-0.39, 0.29) is 0 Å². The minimum atomic E-state index is 0.353. The van der Waals surface area contributed by atoms with Crippen molar-refractivity contribution in [2.24, 2.45) is 0 Å². The highest BCUT2D eigenvalue weighted by atomic mass is 16.3. The molecule has 1 N–H and O–H groups in total. The molecule has 3 rings (SSSR count). The Bertz CT molecular complexity index is 364. The van der Waals surface area contributed by atoms with Crippen LogP contribution in [0.4, 0.5) is 0 Å². The summed E-state index contributed by atoms with van der Waals surface area (Å²) >= 11 is 0. The Hall–Kier alpha value is -0.830. The van der Waals surface area contributed by atoms with Crippen LogP contribution in [0.2, 0.25) is 0 Å². The molecule has 2 aliphatic rings. The third-order valence-electron chi connectivity index (χ3n) is 3.84. The van der Waals surface area contributed by atoms with Gasteiger partial charge in [-0.05, 0) is 32.1 Å². The van der Waals surface area contributed by atoms with Crippen LogP contribution in [0.25, 0.3) is 0 Å². The van der Waals surface area contributed by atoms with Crippen molar-refractivity contribution in [1.29, 1.82) is 0 Å². The first-order valence-electron chi connectivity index (χ1n) is 6.50. The molecule has 3 heteroatoms. The zero-order valence-corrected chi connectivity index (χ0v) is 9.96. The summed E-state index contributed by atoms with van der Waals surface area (Å²) in [7, 11) is 0. The van der Waals surface area contributed by atoms with Gasteiger partial charge in [-0.15, -0.1) is 0 Å². The Morgan fingerprint density at radius 1 is 1.50 bits per heavy atom. The van der Waals surface area contributed by atoms with E-state index in [2.05, 4.69) is 17.2 Å². The fourth-order valence-electron chi connectivity index (χ4n) is 2.57. The minimum absolute atomic E-state index is 0.353. The molecule has 1 aromatic rings. The molecule has 0 aliphatic heterocycles. The van der Waals surface area contributed by atoms with Crippen LogP contribution in [-0.2, 0) is 12.0 Å². The van der Waals surface area contributed by atoms with Crippen LogP contribution in [0.1, 0.15) is 56.9 Å². The smallest absolute Gasteiger partial charge is 0.181 e. The van der Waals surface area contributed by atoms with Gasteiger partial charge in [0.15, 0.2) is 6.39 Å². The van der Waals surface area contributed by atoms with Crippen LogP contribution in [0.5, 0.6) is 0 Å². The molecule has 2 saturated carbocycles. The molecule has 0 amide bonds. The topological polar surface area (TPSA) is 38.1 Å². The van der Waals surface area contributed by atoms with Gasteiger partial charge >= 0.3 is 0 Å². The van der Waals surface area contributed by atoms with E-state index < -0.39 is 0 Å². The maximum atomic E-state index is 5.65. The molecule has 16 heavy (non-hydrogen) atoms. The van der Waals surface area contributed by atoms with Gasteiger partial charge in [-0.3, -0.25) is 0 Å². The highest BCUT2D eigenvalue weighted by molar-refractivity contribution is 5.26. The van der Waals surface area contributed by atoms with Crippen molar-refractivity contribution in [3.8, 4) is 0 Å². The molecule has 3 nitrogen and oxygen atoms in total.